The molecule has 3 rings (SSSR count). The summed E-state index contributed by atoms with van der Waals surface area (Å²) in [6.07, 6.45) is 1.91. The molecule has 6 heteroatoms. The summed E-state index contributed by atoms with van der Waals surface area (Å²) in [6, 6.07) is 11.9. The van der Waals surface area contributed by atoms with Gasteiger partial charge >= 0.3 is 0 Å². The number of rotatable bonds is 5. The Morgan fingerprint density at radius 3 is 2.32 bits per heavy atom. The summed E-state index contributed by atoms with van der Waals surface area (Å²) in [4.78, 5) is 24.1. The molecule has 0 bridgehead atoms. The van der Waals surface area contributed by atoms with Crippen molar-refractivity contribution in [2.75, 3.05) is 5.32 Å². The zero-order valence-electron chi connectivity index (χ0n) is 13.7. The molecule has 4 nitrogen and oxygen atoms in total. The van der Waals surface area contributed by atoms with Gasteiger partial charge in [-0.15, -0.1) is 0 Å². The molecule has 0 saturated heterocycles. The third-order valence-corrected chi connectivity index (χ3v) is 4.89. The Kier molecular flexibility index (Phi) is 5.30. The minimum absolute atomic E-state index is 0.0467. The highest BCUT2D eigenvalue weighted by Crippen LogP contribution is 2.30. The van der Waals surface area contributed by atoms with Gasteiger partial charge in [-0.2, -0.15) is 0 Å². The molecule has 130 valence electrons. The highest BCUT2D eigenvalue weighted by atomic mass is 35.5. The molecule has 1 fully saturated rings. The number of hydrogen-bond acceptors (Lipinski definition) is 2. The fourth-order valence-electron chi connectivity index (χ4n) is 2.44. The van der Waals surface area contributed by atoms with Gasteiger partial charge in [-0.25, -0.2) is 0 Å². The lowest BCUT2D eigenvalue weighted by atomic mass is 10.1. The number of benzene rings is 2. The molecule has 0 heterocycles. The van der Waals surface area contributed by atoms with Crippen molar-refractivity contribution in [2.45, 2.75) is 25.8 Å². The summed E-state index contributed by atoms with van der Waals surface area (Å²) >= 11 is 11.9. The molecule has 0 spiro atoms. The van der Waals surface area contributed by atoms with E-state index in [0.717, 1.165) is 18.4 Å². The first-order valence-corrected chi connectivity index (χ1v) is 8.86. The average molecular weight is 377 g/mol. The van der Waals surface area contributed by atoms with Crippen molar-refractivity contribution in [1.82, 2.24) is 5.32 Å². The Balaban J connectivity index is 1.61. The van der Waals surface area contributed by atoms with Gasteiger partial charge in [0, 0.05) is 17.2 Å². The standard InChI is InChI=1S/C19H18Cl2N2O2/c1-11(14-6-9-16(20)17(21)10-14)22-18(24)13-4-7-15(8-5-13)23-19(25)12-2-3-12/h4-12H,2-3H2,1H3,(H,22,24)(H,23,25)/t11-/m0/s1. The Morgan fingerprint density at radius 1 is 1.04 bits per heavy atom. The van der Waals surface area contributed by atoms with Gasteiger partial charge in [0.1, 0.15) is 0 Å². The molecule has 0 aliphatic heterocycles. The first kappa shape index (κ1) is 17.8. The van der Waals surface area contributed by atoms with Crippen LogP contribution < -0.4 is 10.6 Å². The lowest BCUT2D eigenvalue weighted by Crippen LogP contribution is -2.26. The van der Waals surface area contributed by atoms with Crippen LogP contribution in [0.4, 0.5) is 5.69 Å². The number of nitrogens with one attached hydrogen (secondary N) is 2. The summed E-state index contributed by atoms with van der Waals surface area (Å²) < 4.78 is 0. The van der Waals surface area contributed by atoms with Crippen LogP contribution >= 0.6 is 23.2 Å². The zero-order chi connectivity index (χ0) is 18.0. The average Bonchev–Trinajstić information content (AvgIpc) is 3.43. The van der Waals surface area contributed by atoms with Gasteiger partial charge in [0.2, 0.25) is 5.91 Å². The second-order valence-electron chi connectivity index (χ2n) is 6.21. The monoisotopic (exact) mass is 376 g/mol. The van der Waals surface area contributed by atoms with Crippen LogP contribution in [-0.4, -0.2) is 11.8 Å². The van der Waals surface area contributed by atoms with Gasteiger partial charge < -0.3 is 10.6 Å². The minimum atomic E-state index is -0.212. The largest absolute Gasteiger partial charge is 0.346 e. The van der Waals surface area contributed by atoms with Crippen LogP contribution in [0.1, 0.15) is 41.7 Å². The number of amides is 2. The molecule has 25 heavy (non-hydrogen) atoms. The van der Waals surface area contributed by atoms with E-state index in [0.29, 0.717) is 21.3 Å². The van der Waals surface area contributed by atoms with Crippen LogP contribution in [0.5, 0.6) is 0 Å². The number of carbonyl (C=O) groups excluding carboxylic acids is 2. The maximum Gasteiger partial charge on any atom is 0.251 e. The predicted octanol–water partition coefficient (Wildman–Crippen LogP) is 4.83. The van der Waals surface area contributed by atoms with E-state index in [4.69, 9.17) is 23.2 Å². The minimum Gasteiger partial charge on any atom is -0.346 e. The van der Waals surface area contributed by atoms with Crippen molar-refractivity contribution in [3.8, 4) is 0 Å². The normalized spacial score (nSPS) is 14.7. The first-order chi connectivity index (χ1) is 11.9. The highest BCUT2D eigenvalue weighted by Gasteiger charge is 2.29. The molecular formula is C19H18Cl2N2O2. The van der Waals surface area contributed by atoms with Crippen LogP contribution in [0.25, 0.3) is 0 Å². The third kappa shape index (κ3) is 4.53. The fraction of sp³-hybridized carbons (Fsp3) is 0.263. The van der Waals surface area contributed by atoms with Crippen molar-refractivity contribution in [1.29, 1.82) is 0 Å². The summed E-state index contributed by atoms with van der Waals surface area (Å²) in [5.74, 6) is -0.000827. The van der Waals surface area contributed by atoms with Crippen LogP contribution in [0.15, 0.2) is 42.5 Å². The molecule has 0 radical (unpaired) electrons. The lowest BCUT2D eigenvalue weighted by molar-refractivity contribution is -0.117. The SMILES string of the molecule is C[C@H](NC(=O)c1ccc(NC(=O)C2CC2)cc1)c1ccc(Cl)c(Cl)c1. The van der Waals surface area contributed by atoms with Crippen molar-refractivity contribution in [3.05, 3.63) is 63.6 Å². The van der Waals surface area contributed by atoms with E-state index in [1.807, 2.05) is 13.0 Å². The number of hydrogen-bond donors (Lipinski definition) is 2. The Bertz CT molecular complexity index is 802. The second kappa shape index (κ2) is 7.46. The number of anilines is 1. The predicted molar refractivity (Wildman–Crippen MR) is 100 cm³/mol. The smallest absolute Gasteiger partial charge is 0.251 e. The van der Waals surface area contributed by atoms with E-state index >= 15 is 0 Å². The summed E-state index contributed by atoms with van der Waals surface area (Å²) in [5.41, 5.74) is 2.10. The van der Waals surface area contributed by atoms with Gasteiger partial charge in [-0.1, -0.05) is 29.3 Å². The second-order valence-corrected chi connectivity index (χ2v) is 7.02. The van der Waals surface area contributed by atoms with Crippen molar-refractivity contribution in [3.63, 3.8) is 0 Å². The molecule has 1 atom stereocenters. The van der Waals surface area contributed by atoms with Crippen molar-refractivity contribution >= 4 is 40.7 Å². The van der Waals surface area contributed by atoms with E-state index in [-0.39, 0.29) is 23.8 Å². The molecule has 0 aromatic heterocycles. The number of halogens is 2. The van der Waals surface area contributed by atoms with E-state index in [1.165, 1.54) is 0 Å². The van der Waals surface area contributed by atoms with Gasteiger partial charge in [0.25, 0.3) is 5.91 Å². The molecule has 2 amide bonds. The maximum absolute atomic E-state index is 12.4. The van der Waals surface area contributed by atoms with Crippen LogP contribution in [-0.2, 0) is 4.79 Å². The van der Waals surface area contributed by atoms with Crippen LogP contribution in [0.3, 0.4) is 0 Å². The zero-order valence-corrected chi connectivity index (χ0v) is 15.2. The van der Waals surface area contributed by atoms with E-state index < -0.39 is 0 Å². The molecule has 2 aromatic rings. The molecule has 2 N–H and O–H groups in total. The Morgan fingerprint density at radius 2 is 1.72 bits per heavy atom. The Labute approximate surface area is 156 Å². The van der Waals surface area contributed by atoms with Crippen molar-refractivity contribution < 1.29 is 9.59 Å². The maximum atomic E-state index is 12.4. The van der Waals surface area contributed by atoms with Gasteiger partial charge in [-0.3, -0.25) is 9.59 Å². The quantitative estimate of drug-likeness (QED) is 0.784. The highest BCUT2D eigenvalue weighted by molar-refractivity contribution is 6.42. The molecule has 2 aromatic carbocycles. The fourth-order valence-corrected chi connectivity index (χ4v) is 2.75. The summed E-state index contributed by atoms with van der Waals surface area (Å²) in [6.45, 7) is 1.88. The van der Waals surface area contributed by atoms with E-state index in [9.17, 15) is 9.59 Å². The van der Waals surface area contributed by atoms with Gasteiger partial charge in [0.05, 0.1) is 16.1 Å². The third-order valence-electron chi connectivity index (χ3n) is 4.15. The topological polar surface area (TPSA) is 58.2 Å². The summed E-state index contributed by atoms with van der Waals surface area (Å²) in [5, 5.41) is 6.70. The molecule has 0 unspecified atom stereocenters. The molecular weight excluding hydrogens is 359 g/mol. The molecule has 1 aliphatic rings. The Hall–Kier alpha value is -2.04. The summed E-state index contributed by atoms with van der Waals surface area (Å²) in [7, 11) is 0. The molecule has 1 aliphatic carbocycles. The first-order valence-electron chi connectivity index (χ1n) is 8.11. The van der Waals surface area contributed by atoms with Gasteiger partial charge in [0.15, 0.2) is 0 Å². The van der Waals surface area contributed by atoms with Crippen LogP contribution in [0, 0.1) is 5.92 Å². The van der Waals surface area contributed by atoms with Crippen molar-refractivity contribution in [2.24, 2.45) is 5.92 Å². The van der Waals surface area contributed by atoms with E-state index in [2.05, 4.69) is 10.6 Å². The van der Waals surface area contributed by atoms with E-state index in [1.54, 1.807) is 36.4 Å². The molecule has 1 saturated carbocycles. The number of carbonyl (C=O) groups is 2. The van der Waals surface area contributed by atoms with Gasteiger partial charge in [-0.05, 0) is 61.7 Å². The lowest BCUT2D eigenvalue weighted by Gasteiger charge is -2.15. The van der Waals surface area contributed by atoms with Crippen LogP contribution in [0.2, 0.25) is 10.0 Å².